The lowest BCUT2D eigenvalue weighted by Crippen LogP contribution is -2.28. The summed E-state index contributed by atoms with van der Waals surface area (Å²) in [5.41, 5.74) is 1.39. The molecule has 0 radical (unpaired) electrons. The average molecular weight is 302 g/mol. The van der Waals surface area contributed by atoms with Gasteiger partial charge in [0.25, 0.3) is 5.91 Å². The van der Waals surface area contributed by atoms with Crippen molar-refractivity contribution in [3.8, 4) is 0 Å². The number of hydrogen-bond acceptors (Lipinski definition) is 2. The number of fused-ring (bicyclic) bond motifs is 1. The molecule has 0 saturated carbocycles. The smallest absolute Gasteiger partial charge is 0.261 e. The molecule has 2 rings (SSSR count). The molecule has 88 valence electrons. The van der Waals surface area contributed by atoms with Gasteiger partial charge in [-0.1, -0.05) is 22.9 Å². The van der Waals surface area contributed by atoms with Gasteiger partial charge in [0.05, 0.1) is 4.88 Å². The molecule has 1 aliphatic rings. The maximum absolute atomic E-state index is 11.9. The van der Waals surface area contributed by atoms with E-state index in [2.05, 4.69) is 34.2 Å². The molecular weight excluding hydrogens is 286 g/mol. The zero-order valence-electron chi connectivity index (χ0n) is 9.38. The highest BCUT2D eigenvalue weighted by atomic mass is 79.9. The van der Waals surface area contributed by atoms with Crippen LogP contribution in [0.1, 0.15) is 33.5 Å². The van der Waals surface area contributed by atoms with Crippen LogP contribution in [0.2, 0.25) is 0 Å². The maximum Gasteiger partial charge on any atom is 0.261 e. The Bertz CT molecular complexity index is 367. The third kappa shape index (κ3) is 2.66. The molecule has 1 unspecified atom stereocenters. The molecule has 1 aliphatic carbocycles. The van der Waals surface area contributed by atoms with E-state index in [0.29, 0.717) is 5.92 Å². The topological polar surface area (TPSA) is 29.1 Å². The van der Waals surface area contributed by atoms with Gasteiger partial charge in [-0.15, -0.1) is 11.3 Å². The van der Waals surface area contributed by atoms with Crippen molar-refractivity contribution in [2.75, 3.05) is 11.9 Å². The molecule has 0 saturated heterocycles. The van der Waals surface area contributed by atoms with Gasteiger partial charge in [-0.2, -0.15) is 0 Å². The maximum atomic E-state index is 11.9. The molecule has 0 bridgehead atoms. The largest absolute Gasteiger partial charge is 0.351 e. The second-order valence-corrected chi connectivity index (χ2v) is 6.17. The van der Waals surface area contributed by atoms with Crippen LogP contribution in [0.3, 0.4) is 0 Å². The van der Waals surface area contributed by atoms with E-state index in [4.69, 9.17) is 0 Å². The normalized spacial score (nSPS) is 15.9. The molecule has 2 nitrogen and oxygen atoms in total. The second-order valence-electron chi connectivity index (χ2n) is 4.38. The summed E-state index contributed by atoms with van der Waals surface area (Å²) in [7, 11) is 0. The molecule has 0 aromatic carbocycles. The lowest BCUT2D eigenvalue weighted by Gasteiger charge is -2.08. The quantitative estimate of drug-likeness (QED) is 0.851. The van der Waals surface area contributed by atoms with Crippen molar-refractivity contribution in [1.29, 1.82) is 0 Å². The number of alkyl halides is 1. The van der Waals surface area contributed by atoms with Crippen LogP contribution in [0.5, 0.6) is 0 Å². The standard InChI is InChI=1S/C12H16BrNOS/c1-8(6-13)7-14-12(15)11-5-9-3-2-4-10(9)16-11/h5,8H,2-4,6-7H2,1H3,(H,14,15). The molecule has 16 heavy (non-hydrogen) atoms. The molecule has 1 atom stereocenters. The molecule has 0 fully saturated rings. The Morgan fingerprint density at radius 3 is 3.12 bits per heavy atom. The summed E-state index contributed by atoms with van der Waals surface area (Å²) < 4.78 is 0. The van der Waals surface area contributed by atoms with Gasteiger partial charge in [0.2, 0.25) is 0 Å². The Kier molecular flexibility index (Phi) is 4.03. The number of thiophene rings is 1. The molecule has 1 aromatic heterocycles. The molecule has 1 amide bonds. The summed E-state index contributed by atoms with van der Waals surface area (Å²) in [6.07, 6.45) is 3.56. The zero-order valence-corrected chi connectivity index (χ0v) is 11.8. The Balaban J connectivity index is 1.93. The van der Waals surface area contributed by atoms with E-state index >= 15 is 0 Å². The van der Waals surface area contributed by atoms with Crippen molar-refractivity contribution >= 4 is 33.2 Å². The third-order valence-electron chi connectivity index (χ3n) is 2.84. The van der Waals surface area contributed by atoms with E-state index in [-0.39, 0.29) is 5.91 Å². The van der Waals surface area contributed by atoms with Gasteiger partial charge in [0.15, 0.2) is 0 Å². The van der Waals surface area contributed by atoms with Crippen molar-refractivity contribution in [3.05, 3.63) is 21.4 Å². The Hall–Kier alpha value is -0.350. The number of aryl methyl sites for hydroxylation is 2. The van der Waals surface area contributed by atoms with Crippen molar-refractivity contribution in [2.45, 2.75) is 26.2 Å². The van der Waals surface area contributed by atoms with Crippen LogP contribution in [0, 0.1) is 5.92 Å². The summed E-state index contributed by atoms with van der Waals surface area (Å²) in [6, 6.07) is 2.07. The minimum Gasteiger partial charge on any atom is -0.351 e. The monoisotopic (exact) mass is 301 g/mol. The zero-order chi connectivity index (χ0) is 11.5. The predicted molar refractivity (Wildman–Crippen MR) is 71.6 cm³/mol. The fraction of sp³-hybridized carbons (Fsp3) is 0.583. The first-order valence-corrected chi connectivity index (χ1v) is 7.60. The lowest BCUT2D eigenvalue weighted by molar-refractivity contribution is 0.0953. The number of rotatable bonds is 4. The average Bonchev–Trinajstić information content (AvgIpc) is 2.85. The summed E-state index contributed by atoms with van der Waals surface area (Å²) in [5.74, 6) is 0.572. The first kappa shape index (κ1) is 12.1. The Morgan fingerprint density at radius 1 is 1.62 bits per heavy atom. The van der Waals surface area contributed by atoms with Gasteiger partial charge in [-0.05, 0) is 36.8 Å². The SMILES string of the molecule is CC(CBr)CNC(=O)c1cc2c(s1)CCC2. The molecule has 0 spiro atoms. The van der Waals surface area contributed by atoms with Gasteiger partial charge < -0.3 is 5.32 Å². The first-order valence-electron chi connectivity index (χ1n) is 5.66. The van der Waals surface area contributed by atoms with Gasteiger partial charge >= 0.3 is 0 Å². The lowest BCUT2D eigenvalue weighted by atomic mass is 10.2. The summed E-state index contributed by atoms with van der Waals surface area (Å²) >= 11 is 5.07. The van der Waals surface area contributed by atoms with Crippen LogP contribution >= 0.6 is 27.3 Å². The number of amides is 1. The van der Waals surface area contributed by atoms with E-state index in [0.717, 1.165) is 29.6 Å². The molecular formula is C12H16BrNOS. The molecule has 1 aromatic rings. The summed E-state index contributed by atoms with van der Waals surface area (Å²) in [4.78, 5) is 14.2. The second kappa shape index (κ2) is 5.32. The van der Waals surface area contributed by atoms with Crippen LogP contribution in [0.4, 0.5) is 0 Å². The van der Waals surface area contributed by atoms with Crippen molar-refractivity contribution in [1.82, 2.24) is 5.32 Å². The summed E-state index contributed by atoms with van der Waals surface area (Å²) in [5, 5.41) is 3.90. The first-order chi connectivity index (χ1) is 7.70. The number of carbonyl (C=O) groups excluding carboxylic acids is 1. The number of halogens is 1. The van der Waals surface area contributed by atoms with Crippen LogP contribution in [-0.4, -0.2) is 17.8 Å². The van der Waals surface area contributed by atoms with Gasteiger partial charge in [0.1, 0.15) is 0 Å². The highest BCUT2D eigenvalue weighted by Gasteiger charge is 2.18. The highest BCUT2D eigenvalue weighted by molar-refractivity contribution is 9.09. The predicted octanol–water partition coefficient (Wildman–Crippen LogP) is 3.00. The van der Waals surface area contributed by atoms with Gasteiger partial charge in [0, 0.05) is 16.8 Å². The minimum absolute atomic E-state index is 0.0900. The molecule has 1 heterocycles. The highest BCUT2D eigenvalue weighted by Crippen LogP contribution is 2.30. The summed E-state index contributed by atoms with van der Waals surface area (Å²) in [6.45, 7) is 2.86. The number of carbonyl (C=O) groups is 1. The minimum atomic E-state index is 0.0900. The van der Waals surface area contributed by atoms with Crippen molar-refractivity contribution in [2.24, 2.45) is 5.92 Å². The van der Waals surface area contributed by atoms with Crippen LogP contribution < -0.4 is 5.32 Å². The number of nitrogens with one attached hydrogen (secondary N) is 1. The molecule has 4 heteroatoms. The van der Waals surface area contributed by atoms with E-state index < -0.39 is 0 Å². The molecule has 0 aliphatic heterocycles. The van der Waals surface area contributed by atoms with Crippen molar-refractivity contribution in [3.63, 3.8) is 0 Å². The molecule has 1 N–H and O–H groups in total. The fourth-order valence-electron chi connectivity index (χ4n) is 1.85. The van der Waals surface area contributed by atoms with Gasteiger partial charge in [-0.3, -0.25) is 4.79 Å². The Morgan fingerprint density at radius 2 is 2.44 bits per heavy atom. The Labute approximate surface area is 109 Å². The van der Waals surface area contributed by atoms with Crippen LogP contribution in [0.15, 0.2) is 6.07 Å². The van der Waals surface area contributed by atoms with Gasteiger partial charge in [-0.25, -0.2) is 0 Å². The van der Waals surface area contributed by atoms with Crippen molar-refractivity contribution < 1.29 is 4.79 Å². The van der Waals surface area contributed by atoms with Crippen LogP contribution in [0.25, 0.3) is 0 Å². The van der Waals surface area contributed by atoms with Crippen LogP contribution in [-0.2, 0) is 12.8 Å². The van der Waals surface area contributed by atoms with E-state index in [1.54, 1.807) is 11.3 Å². The number of hydrogen-bond donors (Lipinski definition) is 1. The third-order valence-corrected chi connectivity index (χ3v) is 5.19. The fourth-order valence-corrected chi connectivity index (χ4v) is 3.25. The van der Waals surface area contributed by atoms with E-state index in [1.165, 1.54) is 16.9 Å². The van der Waals surface area contributed by atoms with E-state index in [1.807, 2.05) is 0 Å². The van der Waals surface area contributed by atoms with E-state index in [9.17, 15) is 4.79 Å².